The van der Waals surface area contributed by atoms with E-state index >= 15 is 0 Å². The van der Waals surface area contributed by atoms with E-state index in [1.165, 1.54) is 6.42 Å². The van der Waals surface area contributed by atoms with E-state index < -0.39 is 0 Å². The average Bonchev–Trinajstić information content (AvgIpc) is 2.61. The summed E-state index contributed by atoms with van der Waals surface area (Å²) >= 11 is 6.12. The van der Waals surface area contributed by atoms with Crippen LogP contribution in [0.1, 0.15) is 35.7 Å². The zero-order valence-electron chi connectivity index (χ0n) is 13.7. The molecule has 1 atom stereocenters. The van der Waals surface area contributed by atoms with Gasteiger partial charge >= 0.3 is 0 Å². The van der Waals surface area contributed by atoms with E-state index in [1.807, 2.05) is 29.2 Å². The lowest BCUT2D eigenvalue weighted by Crippen LogP contribution is -2.39. The lowest BCUT2D eigenvalue weighted by molar-refractivity contribution is 0.0682. The Labute approximate surface area is 147 Å². The van der Waals surface area contributed by atoms with E-state index in [1.54, 1.807) is 12.4 Å². The maximum Gasteiger partial charge on any atom is 0.257 e. The van der Waals surface area contributed by atoms with Gasteiger partial charge in [0.1, 0.15) is 0 Å². The molecule has 1 aromatic heterocycles. The molecule has 0 bridgehead atoms. The van der Waals surface area contributed by atoms with Crippen LogP contribution >= 0.6 is 11.6 Å². The van der Waals surface area contributed by atoms with Gasteiger partial charge in [-0.15, -0.1) is 0 Å². The number of nitrogens with zero attached hydrogens (tertiary/aromatic N) is 3. The molecule has 0 radical (unpaired) electrons. The quantitative estimate of drug-likeness (QED) is 0.920. The summed E-state index contributed by atoms with van der Waals surface area (Å²) in [5.74, 6) is 1.05. The number of amides is 1. The van der Waals surface area contributed by atoms with Crippen LogP contribution in [0, 0.1) is 5.92 Å². The van der Waals surface area contributed by atoms with Crippen LogP contribution < -0.4 is 5.32 Å². The number of hydrogen-bond acceptors (Lipinski definition) is 4. The molecule has 6 heteroatoms. The average molecular weight is 345 g/mol. The number of anilines is 1. The lowest BCUT2D eigenvalue weighted by atomic mass is 10.00. The van der Waals surface area contributed by atoms with Crippen molar-refractivity contribution in [3.05, 3.63) is 52.8 Å². The Balaban J connectivity index is 1.61. The Morgan fingerprint density at radius 3 is 2.79 bits per heavy atom. The van der Waals surface area contributed by atoms with Gasteiger partial charge in [-0.25, -0.2) is 9.97 Å². The zero-order valence-corrected chi connectivity index (χ0v) is 14.5. The van der Waals surface area contributed by atoms with E-state index in [9.17, 15) is 4.79 Å². The standard InChI is InChI=1S/C18H21ClN4O/c1-13-5-4-8-23(12-13)17(24)15-10-21-18(22-11-15)20-9-14-6-2-3-7-16(14)19/h2-3,6-7,10-11,13H,4-5,8-9,12H2,1H3,(H,20,21,22). The second-order valence-electron chi connectivity index (χ2n) is 6.24. The third-order valence-electron chi connectivity index (χ3n) is 4.24. The number of rotatable bonds is 4. The number of carbonyl (C=O) groups excluding carboxylic acids is 1. The van der Waals surface area contributed by atoms with Crippen LogP contribution in [0.25, 0.3) is 0 Å². The van der Waals surface area contributed by atoms with Crippen LogP contribution in [0.2, 0.25) is 5.02 Å². The Morgan fingerprint density at radius 1 is 1.33 bits per heavy atom. The van der Waals surface area contributed by atoms with Crippen molar-refractivity contribution in [2.24, 2.45) is 5.92 Å². The molecule has 2 aromatic rings. The molecular formula is C18H21ClN4O. The first-order chi connectivity index (χ1) is 11.6. The molecule has 1 aliphatic rings. The molecule has 1 saturated heterocycles. The maximum absolute atomic E-state index is 12.5. The van der Waals surface area contributed by atoms with E-state index in [2.05, 4.69) is 22.2 Å². The predicted molar refractivity (Wildman–Crippen MR) is 95.1 cm³/mol. The monoisotopic (exact) mass is 344 g/mol. The summed E-state index contributed by atoms with van der Waals surface area (Å²) in [4.78, 5) is 22.9. The summed E-state index contributed by atoms with van der Waals surface area (Å²) in [7, 11) is 0. The number of aromatic nitrogens is 2. The highest BCUT2D eigenvalue weighted by atomic mass is 35.5. The van der Waals surface area contributed by atoms with Crippen LogP contribution in [0.15, 0.2) is 36.7 Å². The van der Waals surface area contributed by atoms with Gasteiger partial charge in [0.15, 0.2) is 0 Å². The highest BCUT2D eigenvalue weighted by Gasteiger charge is 2.22. The zero-order chi connectivity index (χ0) is 16.9. The molecule has 1 aromatic carbocycles. The van der Waals surface area contributed by atoms with Crippen molar-refractivity contribution in [3.8, 4) is 0 Å². The maximum atomic E-state index is 12.5. The van der Waals surface area contributed by atoms with Crippen LogP contribution in [-0.4, -0.2) is 33.9 Å². The Kier molecular flexibility index (Phi) is 5.30. The summed E-state index contributed by atoms with van der Waals surface area (Å²) < 4.78 is 0. The Morgan fingerprint density at radius 2 is 2.08 bits per heavy atom. The van der Waals surface area contributed by atoms with Gasteiger partial charge in [0.05, 0.1) is 5.56 Å². The van der Waals surface area contributed by atoms with Crippen molar-refractivity contribution >= 4 is 23.5 Å². The Hall–Kier alpha value is -2.14. The topological polar surface area (TPSA) is 58.1 Å². The van der Waals surface area contributed by atoms with Crippen LogP contribution in [-0.2, 0) is 6.54 Å². The van der Waals surface area contributed by atoms with Crippen LogP contribution in [0.4, 0.5) is 5.95 Å². The van der Waals surface area contributed by atoms with Gasteiger partial charge in [-0.1, -0.05) is 36.7 Å². The lowest BCUT2D eigenvalue weighted by Gasteiger charge is -2.30. The minimum absolute atomic E-state index is 0.0132. The van der Waals surface area contributed by atoms with Crippen molar-refractivity contribution in [1.82, 2.24) is 14.9 Å². The number of piperidine rings is 1. The summed E-state index contributed by atoms with van der Waals surface area (Å²) in [6.45, 7) is 4.34. The first-order valence-electron chi connectivity index (χ1n) is 8.22. The molecular weight excluding hydrogens is 324 g/mol. The second-order valence-corrected chi connectivity index (χ2v) is 6.65. The summed E-state index contributed by atoms with van der Waals surface area (Å²) in [6.07, 6.45) is 5.42. The molecule has 2 heterocycles. The minimum atomic E-state index is 0.0132. The van der Waals surface area contributed by atoms with E-state index in [0.29, 0.717) is 29.0 Å². The fraction of sp³-hybridized carbons (Fsp3) is 0.389. The SMILES string of the molecule is CC1CCCN(C(=O)c2cnc(NCc3ccccc3Cl)nc2)C1. The summed E-state index contributed by atoms with van der Waals surface area (Å²) in [6, 6.07) is 7.63. The number of nitrogens with one attached hydrogen (secondary N) is 1. The molecule has 0 aliphatic carbocycles. The minimum Gasteiger partial charge on any atom is -0.350 e. The number of hydrogen-bond donors (Lipinski definition) is 1. The predicted octanol–water partition coefficient (Wildman–Crippen LogP) is 3.61. The second kappa shape index (κ2) is 7.62. The summed E-state index contributed by atoms with van der Waals surface area (Å²) in [5.41, 5.74) is 1.51. The molecule has 24 heavy (non-hydrogen) atoms. The molecule has 1 amide bonds. The first-order valence-corrected chi connectivity index (χ1v) is 8.60. The van der Waals surface area contributed by atoms with E-state index in [-0.39, 0.29) is 5.91 Å². The molecule has 1 aliphatic heterocycles. The van der Waals surface area contributed by atoms with Gasteiger partial charge in [-0.05, 0) is 30.4 Å². The van der Waals surface area contributed by atoms with Gasteiger partial charge in [-0.2, -0.15) is 0 Å². The highest BCUT2D eigenvalue weighted by Crippen LogP contribution is 2.18. The molecule has 3 rings (SSSR count). The van der Waals surface area contributed by atoms with Gasteiger partial charge < -0.3 is 10.2 Å². The van der Waals surface area contributed by atoms with Crippen molar-refractivity contribution in [2.75, 3.05) is 18.4 Å². The van der Waals surface area contributed by atoms with Crippen molar-refractivity contribution < 1.29 is 4.79 Å². The molecule has 5 nitrogen and oxygen atoms in total. The Bertz CT molecular complexity index is 704. The fourth-order valence-corrected chi connectivity index (χ4v) is 3.10. The molecule has 1 unspecified atom stereocenters. The smallest absolute Gasteiger partial charge is 0.257 e. The molecule has 0 saturated carbocycles. The van der Waals surface area contributed by atoms with Crippen molar-refractivity contribution in [2.45, 2.75) is 26.3 Å². The molecule has 126 valence electrons. The summed E-state index contributed by atoms with van der Waals surface area (Å²) in [5, 5.41) is 3.83. The number of benzene rings is 1. The number of likely N-dealkylation sites (tertiary alicyclic amines) is 1. The van der Waals surface area contributed by atoms with Gasteiger partial charge in [0.25, 0.3) is 5.91 Å². The highest BCUT2D eigenvalue weighted by molar-refractivity contribution is 6.31. The first kappa shape index (κ1) is 16.7. The third-order valence-corrected chi connectivity index (χ3v) is 4.61. The van der Waals surface area contributed by atoms with Gasteiger partial charge in [0, 0.05) is 37.1 Å². The largest absolute Gasteiger partial charge is 0.350 e. The normalized spacial score (nSPS) is 17.6. The van der Waals surface area contributed by atoms with Crippen molar-refractivity contribution in [1.29, 1.82) is 0 Å². The van der Waals surface area contributed by atoms with Crippen LogP contribution in [0.3, 0.4) is 0 Å². The fourth-order valence-electron chi connectivity index (χ4n) is 2.90. The number of halogens is 1. The molecule has 1 fully saturated rings. The number of carbonyl (C=O) groups is 1. The molecule has 0 spiro atoms. The van der Waals surface area contributed by atoms with E-state index in [4.69, 9.17) is 11.6 Å². The van der Waals surface area contributed by atoms with Crippen LogP contribution in [0.5, 0.6) is 0 Å². The van der Waals surface area contributed by atoms with Crippen molar-refractivity contribution in [3.63, 3.8) is 0 Å². The third kappa shape index (κ3) is 4.03. The van der Waals surface area contributed by atoms with E-state index in [0.717, 1.165) is 25.1 Å². The van der Waals surface area contributed by atoms with Gasteiger partial charge in [-0.3, -0.25) is 4.79 Å². The van der Waals surface area contributed by atoms with Gasteiger partial charge in [0.2, 0.25) is 5.95 Å². The molecule has 1 N–H and O–H groups in total.